The van der Waals surface area contributed by atoms with Gasteiger partial charge >= 0.3 is 0 Å². The molecule has 4 heteroatoms. The van der Waals surface area contributed by atoms with Gasteiger partial charge in [-0.1, -0.05) is 89.8 Å². The van der Waals surface area contributed by atoms with E-state index < -0.39 is 12.2 Å². The van der Waals surface area contributed by atoms with E-state index in [0.717, 1.165) is 12.0 Å². The van der Waals surface area contributed by atoms with Gasteiger partial charge in [0.2, 0.25) is 0 Å². The van der Waals surface area contributed by atoms with Crippen LogP contribution in [-0.2, 0) is 26.2 Å². The van der Waals surface area contributed by atoms with Gasteiger partial charge in [-0.3, -0.25) is 0 Å². The Morgan fingerprint density at radius 2 is 1.80 bits per heavy atom. The predicted molar refractivity (Wildman–Crippen MR) is 123 cm³/mol. The van der Waals surface area contributed by atoms with Crippen LogP contribution in [-0.4, -0.2) is 43.2 Å². The van der Waals surface area contributed by atoms with E-state index in [1.165, 1.54) is 37.7 Å². The average molecular weight is 419 g/mol. The van der Waals surface area contributed by atoms with Gasteiger partial charge in [0, 0.05) is 7.11 Å². The molecule has 1 fully saturated rings. The molecule has 1 N–H and O–H groups in total. The third-order valence-corrected chi connectivity index (χ3v) is 5.85. The number of aliphatic hydroxyl groups is 1. The third-order valence-electron chi connectivity index (χ3n) is 5.85. The number of benzene rings is 1. The van der Waals surface area contributed by atoms with Crippen molar-refractivity contribution in [2.24, 2.45) is 0 Å². The van der Waals surface area contributed by atoms with Crippen LogP contribution in [0.3, 0.4) is 0 Å². The van der Waals surface area contributed by atoms with Gasteiger partial charge in [0.15, 0.2) is 0 Å². The fraction of sp³-hybridized carbons (Fsp3) is 0.692. The number of ether oxygens (including phenoxy) is 3. The Balaban J connectivity index is 1.81. The molecule has 1 aromatic carbocycles. The first kappa shape index (κ1) is 25.1. The van der Waals surface area contributed by atoms with Crippen molar-refractivity contribution < 1.29 is 19.3 Å². The lowest BCUT2D eigenvalue weighted by Crippen LogP contribution is -2.54. The summed E-state index contributed by atoms with van der Waals surface area (Å²) in [7, 11) is 1.63. The van der Waals surface area contributed by atoms with Crippen LogP contribution in [0.25, 0.3) is 0 Å². The molecule has 4 nitrogen and oxygen atoms in total. The molecule has 0 bridgehead atoms. The van der Waals surface area contributed by atoms with E-state index in [1.807, 2.05) is 6.08 Å². The summed E-state index contributed by atoms with van der Waals surface area (Å²) in [6.07, 6.45) is 9.72. The highest BCUT2D eigenvalue weighted by molar-refractivity contribution is 5.27. The summed E-state index contributed by atoms with van der Waals surface area (Å²) in [6.45, 7) is 9.75. The summed E-state index contributed by atoms with van der Waals surface area (Å²) in [5.41, 5.74) is 2.55. The van der Waals surface area contributed by atoms with Crippen LogP contribution in [0.4, 0.5) is 0 Å². The highest BCUT2D eigenvalue weighted by atomic mass is 16.6. The summed E-state index contributed by atoms with van der Waals surface area (Å²) in [4.78, 5) is 0. The van der Waals surface area contributed by atoms with Crippen LogP contribution < -0.4 is 0 Å². The Bertz CT molecular complexity index is 617. The molecule has 0 spiro atoms. The normalized spacial score (nSPS) is 25.1. The molecule has 1 saturated heterocycles. The molecule has 0 radical (unpaired) electrons. The van der Waals surface area contributed by atoms with Gasteiger partial charge in [-0.15, -0.1) is 0 Å². The minimum atomic E-state index is -0.728. The second-order valence-electron chi connectivity index (χ2n) is 9.42. The fourth-order valence-electron chi connectivity index (χ4n) is 3.81. The lowest BCUT2D eigenvalue weighted by Gasteiger charge is -2.38. The van der Waals surface area contributed by atoms with Crippen molar-refractivity contribution >= 4 is 0 Å². The van der Waals surface area contributed by atoms with E-state index in [1.54, 1.807) is 7.11 Å². The standard InChI is InChI=1S/C26H42O4/c1-6-7-8-9-10-11-12-13-22-24(27)25(28-5)23(19-30-22)29-18-20-14-16-21(17-15-20)26(2,3)4/h12-17,22-25,27H,6-11,18-19H2,1-5H3/b13-12+/t22-,23+,24-,25+/m0/s1. The number of hydrogen-bond donors (Lipinski definition) is 1. The Morgan fingerprint density at radius 3 is 2.43 bits per heavy atom. The molecule has 1 heterocycles. The molecule has 0 aliphatic carbocycles. The van der Waals surface area contributed by atoms with Gasteiger partial charge < -0.3 is 19.3 Å². The van der Waals surface area contributed by atoms with Crippen molar-refractivity contribution in [3.63, 3.8) is 0 Å². The van der Waals surface area contributed by atoms with E-state index in [0.29, 0.717) is 13.2 Å². The maximum Gasteiger partial charge on any atom is 0.114 e. The third kappa shape index (κ3) is 7.81. The molecule has 2 rings (SSSR count). The number of methoxy groups -OCH3 is 1. The molecule has 0 unspecified atom stereocenters. The fourth-order valence-corrected chi connectivity index (χ4v) is 3.81. The number of aliphatic hydroxyl groups excluding tert-OH is 1. The van der Waals surface area contributed by atoms with Gasteiger partial charge in [-0.25, -0.2) is 0 Å². The first-order valence-electron chi connectivity index (χ1n) is 11.6. The second kappa shape index (κ2) is 12.6. The highest BCUT2D eigenvalue weighted by Crippen LogP contribution is 2.25. The van der Waals surface area contributed by atoms with E-state index in [-0.39, 0.29) is 17.6 Å². The van der Waals surface area contributed by atoms with Gasteiger partial charge in [0.1, 0.15) is 24.4 Å². The van der Waals surface area contributed by atoms with Gasteiger partial charge in [-0.05, 0) is 29.4 Å². The zero-order valence-corrected chi connectivity index (χ0v) is 19.6. The van der Waals surface area contributed by atoms with E-state index in [9.17, 15) is 5.11 Å². The summed E-state index contributed by atoms with van der Waals surface area (Å²) in [6, 6.07) is 8.52. The number of hydrogen-bond acceptors (Lipinski definition) is 4. The minimum Gasteiger partial charge on any atom is -0.387 e. The largest absolute Gasteiger partial charge is 0.387 e. The van der Waals surface area contributed by atoms with Crippen molar-refractivity contribution in [3.8, 4) is 0 Å². The van der Waals surface area contributed by atoms with Crippen LogP contribution in [0.5, 0.6) is 0 Å². The smallest absolute Gasteiger partial charge is 0.114 e. The van der Waals surface area contributed by atoms with Gasteiger partial charge in [0.05, 0.1) is 13.2 Å². The highest BCUT2D eigenvalue weighted by Gasteiger charge is 2.39. The SMILES string of the molecule is CCCCCCC/C=C/[C@@H]1OC[C@@H](OCc2ccc(C(C)(C)C)cc2)[C@@H](OC)[C@H]1O. The van der Waals surface area contributed by atoms with E-state index in [4.69, 9.17) is 14.2 Å². The van der Waals surface area contributed by atoms with Crippen molar-refractivity contribution in [2.75, 3.05) is 13.7 Å². The molecule has 4 atom stereocenters. The van der Waals surface area contributed by atoms with Gasteiger partial charge in [0.25, 0.3) is 0 Å². The molecule has 1 aromatic rings. The molecule has 1 aliphatic rings. The Hall–Kier alpha value is -1.20. The van der Waals surface area contributed by atoms with Crippen molar-refractivity contribution in [1.82, 2.24) is 0 Å². The monoisotopic (exact) mass is 418 g/mol. The van der Waals surface area contributed by atoms with E-state index in [2.05, 4.69) is 58.0 Å². The van der Waals surface area contributed by atoms with Crippen LogP contribution in [0, 0.1) is 0 Å². The molecule has 30 heavy (non-hydrogen) atoms. The zero-order valence-electron chi connectivity index (χ0n) is 19.6. The topological polar surface area (TPSA) is 47.9 Å². The molecular weight excluding hydrogens is 376 g/mol. The van der Waals surface area contributed by atoms with Crippen LogP contribution >= 0.6 is 0 Å². The molecule has 0 aromatic heterocycles. The minimum absolute atomic E-state index is 0.139. The predicted octanol–water partition coefficient (Wildman–Crippen LogP) is 5.56. The molecular formula is C26H42O4. The summed E-state index contributed by atoms with van der Waals surface area (Å²) in [5.74, 6) is 0. The summed E-state index contributed by atoms with van der Waals surface area (Å²) < 4.78 is 17.5. The van der Waals surface area contributed by atoms with Crippen LogP contribution in [0.1, 0.15) is 77.3 Å². The molecule has 0 amide bonds. The van der Waals surface area contributed by atoms with Crippen LogP contribution in [0.2, 0.25) is 0 Å². The van der Waals surface area contributed by atoms with Crippen molar-refractivity contribution in [2.45, 2.75) is 103 Å². The maximum absolute atomic E-state index is 10.7. The number of unbranched alkanes of at least 4 members (excludes halogenated alkanes) is 5. The number of allylic oxidation sites excluding steroid dienone is 1. The molecule has 1 aliphatic heterocycles. The Labute approximate surface area is 183 Å². The van der Waals surface area contributed by atoms with Crippen molar-refractivity contribution in [1.29, 1.82) is 0 Å². The lowest BCUT2D eigenvalue weighted by atomic mass is 9.87. The lowest BCUT2D eigenvalue weighted by molar-refractivity contribution is -0.201. The van der Waals surface area contributed by atoms with Crippen molar-refractivity contribution in [3.05, 3.63) is 47.5 Å². The zero-order chi connectivity index (χ0) is 22.0. The van der Waals surface area contributed by atoms with Crippen LogP contribution in [0.15, 0.2) is 36.4 Å². The Kier molecular flexibility index (Phi) is 10.5. The van der Waals surface area contributed by atoms with E-state index >= 15 is 0 Å². The Morgan fingerprint density at radius 1 is 1.10 bits per heavy atom. The molecule has 170 valence electrons. The molecule has 0 saturated carbocycles. The maximum atomic E-state index is 10.7. The van der Waals surface area contributed by atoms with Gasteiger partial charge in [-0.2, -0.15) is 0 Å². The quantitative estimate of drug-likeness (QED) is 0.377. The first-order valence-corrected chi connectivity index (χ1v) is 11.6. The first-order chi connectivity index (χ1) is 14.4. The summed E-state index contributed by atoms with van der Waals surface area (Å²) >= 11 is 0. The number of rotatable bonds is 11. The second-order valence-corrected chi connectivity index (χ2v) is 9.42. The average Bonchev–Trinajstić information content (AvgIpc) is 2.72. The summed E-state index contributed by atoms with van der Waals surface area (Å²) in [5, 5.41) is 10.7.